The number of halogens is 6. The van der Waals surface area contributed by atoms with E-state index in [2.05, 4.69) is 64.3 Å². The third kappa shape index (κ3) is 120. The van der Waals surface area contributed by atoms with Crippen LogP contribution in [0.2, 0.25) is 0 Å². The molecule has 0 aromatic carbocycles. The Morgan fingerprint density at radius 1 is 0.937 bits per heavy atom. The van der Waals surface area contributed by atoms with Crippen LogP contribution in [0.3, 0.4) is 0 Å². The van der Waals surface area contributed by atoms with E-state index in [9.17, 15) is 30.8 Å². The van der Waals surface area contributed by atoms with E-state index in [1.165, 1.54) is 30.6 Å². The summed E-state index contributed by atoms with van der Waals surface area (Å²) in [5, 5.41) is 37.0. The Hall–Kier alpha value is -4.09. The summed E-state index contributed by atoms with van der Waals surface area (Å²) < 4.78 is 71.5. The molecule has 0 bridgehead atoms. The van der Waals surface area contributed by atoms with Crippen molar-refractivity contribution in [2.75, 3.05) is 37.4 Å². The van der Waals surface area contributed by atoms with Gasteiger partial charge in [0.25, 0.3) is 0 Å². The number of aryl methyl sites for hydroxylation is 7. The zero-order valence-corrected chi connectivity index (χ0v) is 45.9. The molecular formula is C36H71BrClF4N12NaO7S. The number of imidazole rings is 1. The fourth-order valence-corrected chi connectivity index (χ4v) is 2.88. The zero-order chi connectivity index (χ0) is 52.3. The van der Waals surface area contributed by atoms with Gasteiger partial charge in [-0.3, -0.25) is 38.1 Å². The van der Waals surface area contributed by atoms with Crippen LogP contribution in [0.15, 0.2) is 49.3 Å². The molecule has 19 nitrogen and oxygen atoms in total. The first-order chi connectivity index (χ1) is 28.5. The molecule has 0 spiro atoms. The first-order valence-corrected chi connectivity index (χ1v) is 21.6. The Morgan fingerprint density at radius 3 is 1.37 bits per heavy atom. The fraction of sp³-hybridized carbons (Fsp3) is 0.583. The van der Waals surface area contributed by atoms with E-state index in [-0.39, 0.29) is 42.4 Å². The van der Waals surface area contributed by atoms with Crippen LogP contribution in [-0.2, 0) is 47.8 Å². The predicted molar refractivity (Wildman–Crippen MR) is 243 cm³/mol. The second-order valence-electron chi connectivity index (χ2n) is 9.67. The second kappa shape index (κ2) is 62.2. The molecule has 0 radical (unpaired) electrons. The van der Waals surface area contributed by atoms with Gasteiger partial charge in [-0.25, -0.2) is 13.4 Å². The van der Waals surface area contributed by atoms with Gasteiger partial charge in [0.15, 0.2) is 7.05 Å². The Morgan fingerprint density at radius 2 is 1.25 bits per heavy atom. The van der Waals surface area contributed by atoms with Crippen LogP contribution in [0.4, 0.5) is 23.4 Å². The summed E-state index contributed by atoms with van der Waals surface area (Å²) in [5.41, 5.74) is 7.55. The van der Waals surface area contributed by atoms with Crippen molar-refractivity contribution in [3.63, 3.8) is 0 Å². The van der Waals surface area contributed by atoms with Gasteiger partial charge >= 0.3 is 35.7 Å². The van der Waals surface area contributed by atoms with Gasteiger partial charge in [-0.2, -0.15) is 33.7 Å². The van der Waals surface area contributed by atoms with Crippen molar-refractivity contribution in [3.8, 4) is 6.07 Å². The Balaban J connectivity index is -0.0000000536. The van der Waals surface area contributed by atoms with E-state index >= 15 is 0 Å². The maximum absolute atomic E-state index is 10.8. The second-order valence-corrected chi connectivity index (χ2v) is 11.4. The summed E-state index contributed by atoms with van der Waals surface area (Å²) in [6, 6.07) is 7.36. The molecule has 4 aromatic heterocycles. The molecule has 0 saturated carbocycles. The number of nitrogens with two attached hydrogens (primary N) is 1. The largest absolute Gasteiger partial charge is 1.00 e. The molecule has 4 rings (SSSR count). The van der Waals surface area contributed by atoms with E-state index in [4.69, 9.17) is 25.3 Å². The molecular weight excluding hydrogens is 959 g/mol. The van der Waals surface area contributed by atoms with Crippen molar-refractivity contribution in [3.05, 3.63) is 76.5 Å². The van der Waals surface area contributed by atoms with Gasteiger partial charge < -0.3 is 20.2 Å². The number of carbonyl (C=O) groups is 2. The van der Waals surface area contributed by atoms with Crippen LogP contribution < -0.4 is 45.1 Å². The van der Waals surface area contributed by atoms with Gasteiger partial charge in [-0.15, -0.1) is 11.6 Å². The number of alkyl halides is 6. The summed E-state index contributed by atoms with van der Waals surface area (Å²) in [5.74, 6) is 0.877. The molecule has 1 amide bonds. The monoisotopic (exact) mass is 1030 g/mol. The number of primary amides is 1. The van der Waals surface area contributed by atoms with Crippen molar-refractivity contribution in [1.29, 1.82) is 5.26 Å². The van der Waals surface area contributed by atoms with E-state index in [1.807, 2.05) is 96.2 Å². The maximum Gasteiger partial charge on any atom is 1.00 e. The Bertz CT molecular complexity index is 1580. The molecule has 0 atom stereocenters. The molecule has 0 saturated heterocycles. The number of nitriles is 1. The topological polar surface area (TPSA) is 268 Å². The molecule has 4 aromatic rings. The first kappa shape index (κ1) is 86.1. The molecule has 0 aliphatic heterocycles. The average molecular weight is 1030 g/mol. The van der Waals surface area contributed by atoms with Crippen LogP contribution in [0.1, 0.15) is 72.5 Å². The van der Waals surface area contributed by atoms with Gasteiger partial charge in [-0.05, 0) is 45.7 Å². The van der Waals surface area contributed by atoms with Gasteiger partial charge in [0, 0.05) is 103 Å². The summed E-state index contributed by atoms with van der Waals surface area (Å²) in [6.07, 6.45) is 7.61. The third-order valence-corrected chi connectivity index (χ3v) is 4.38. The number of aliphatic carboxylic acids is 1. The van der Waals surface area contributed by atoms with E-state index < -0.39 is 27.1 Å². The van der Waals surface area contributed by atoms with Gasteiger partial charge in [-0.1, -0.05) is 43.6 Å². The molecule has 0 aliphatic carbocycles. The number of nitrogens with one attached hydrogen (secondary N) is 1. The number of anilines is 1. The summed E-state index contributed by atoms with van der Waals surface area (Å²) in [7, 11) is 5.65. The number of aromatic nitrogens is 8. The standard InChI is InChI=1S/C6H11N3O2S.C6H10N2.2C4H6N2.C2H3F3.C2H5NO.C2H3N.C2H4O2.2C2H6.CH3Br.CH3Cl.CH3F.CH3NO2.Na/c1-5-4-6(9(2)7-5)8-12(3,10)11;1-5-4-6(2)8(3)7-5;1-6-3-2-5-4-6;1-6-4-2-3-5-6;1-2(3,4)5;1-2(3)4;1-2-3;1-2(3)4;5*1-2;1-2(3)4;/h4,8H,1-3H3;4H,1-3H3;2*2-4H,1H3;1H3;1H3,(H2,3,4);1H3;1H3,(H,3,4);2*1-2H3;3*1H3;1H3;/q;;;;;;;;;;;;;;+1/p-1. The Labute approximate surface area is 408 Å². The number of rotatable bonds is 2. The van der Waals surface area contributed by atoms with Crippen LogP contribution in [0.25, 0.3) is 0 Å². The van der Waals surface area contributed by atoms with Gasteiger partial charge in [0.05, 0.1) is 37.2 Å². The van der Waals surface area contributed by atoms with Crippen molar-refractivity contribution < 1.29 is 75.2 Å². The number of nitro groups is 1. The van der Waals surface area contributed by atoms with Crippen LogP contribution in [0.5, 0.6) is 0 Å². The number of nitrogens with zero attached hydrogens (tertiary/aromatic N) is 10. The summed E-state index contributed by atoms with van der Waals surface area (Å²) >= 11 is 7.58. The minimum absolute atomic E-state index is 0. The molecule has 0 aliphatic rings. The number of carboxylic acids is 1. The van der Waals surface area contributed by atoms with Crippen LogP contribution >= 0.6 is 27.5 Å². The van der Waals surface area contributed by atoms with E-state index in [0.717, 1.165) is 31.6 Å². The minimum atomic E-state index is -4.00. The molecule has 366 valence electrons. The molecule has 27 heteroatoms. The summed E-state index contributed by atoms with van der Waals surface area (Å²) in [4.78, 5) is 30.2. The van der Waals surface area contributed by atoms with Crippen molar-refractivity contribution in [2.24, 2.45) is 33.9 Å². The number of carbonyl (C=O) groups excluding carboxylic acids is 2. The van der Waals surface area contributed by atoms with Gasteiger partial charge in [0.1, 0.15) is 5.82 Å². The van der Waals surface area contributed by atoms with Gasteiger partial charge in [0.2, 0.25) is 15.9 Å². The SMILES string of the molecule is CBr.CC.CC.CC#N.CC(=O)[O-].CC(F)(F)F.CC(N)=O.CCl.CF.C[N+](=O)[O-].Cc1cc(C)n(C)n1.Cc1cc(NS(C)(=O)=O)n(C)n1.Cn1cccn1.Cn1ccnc1.[Na+]. The van der Waals surface area contributed by atoms with Crippen LogP contribution in [0, 0.1) is 42.2 Å². The molecule has 63 heavy (non-hydrogen) atoms. The normalized spacial score (nSPS) is 7.89. The smallest absolute Gasteiger partial charge is 0.550 e. The molecule has 0 unspecified atom stereocenters. The average Bonchev–Trinajstić information content (AvgIpc) is 3.95. The van der Waals surface area contributed by atoms with Crippen molar-refractivity contribution >= 4 is 55.2 Å². The number of sulfonamides is 1. The fourth-order valence-electron chi connectivity index (χ4n) is 2.31. The summed E-state index contributed by atoms with van der Waals surface area (Å²) in [6.45, 7) is 17.7. The molecule has 0 fully saturated rings. The molecule has 3 N–H and O–H groups in total. The number of hydrogen-bond acceptors (Lipinski definition) is 12. The predicted octanol–water partition coefficient (Wildman–Crippen LogP) is 3.72. The first-order valence-electron chi connectivity index (χ1n) is 17.3. The quantitative estimate of drug-likeness (QED) is 0.0957. The Kier molecular flexibility index (Phi) is 85.0. The van der Waals surface area contributed by atoms with Crippen LogP contribution in [-0.4, -0.2) is 103 Å². The zero-order valence-electron chi connectivity index (χ0n) is 40.7. The molecule has 4 heterocycles. The van der Waals surface area contributed by atoms with E-state index in [0.29, 0.717) is 13.0 Å². The number of hydrogen-bond donors (Lipinski definition) is 2. The maximum atomic E-state index is 10.8. The van der Waals surface area contributed by atoms with Crippen molar-refractivity contribution in [1.82, 2.24) is 38.9 Å². The number of amides is 1. The minimum Gasteiger partial charge on any atom is -0.550 e. The van der Waals surface area contributed by atoms with E-state index in [1.54, 1.807) is 49.5 Å². The number of carboxylic acid groups (broad SMARTS) is 1. The van der Waals surface area contributed by atoms with Crippen molar-refractivity contribution in [2.45, 2.75) is 82.3 Å². The third-order valence-electron chi connectivity index (χ3n) is 3.80.